The Morgan fingerprint density at radius 2 is 0.603 bits per heavy atom. The maximum absolute atomic E-state index is 12.5. The third-order valence-electron chi connectivity index (χ3n) is 16.4. The normalized spacial score (nSPS) is 12.7. The molecule has 2 unspecified atom stereocenters. The van der Waals surface area contributed by atoms with E-state index in [9.17, 15) is 19.8 Å². The fraction of sp³-hybridized carbons (Fsp3) is 0.889. The third kappa shape index (κ3) is 63.3. The van der Waals surface area contributed by atoms with Crippen molar-refractivity contribution in [3.63, 3.8) is 0 Å². The molecule has 0 aliphatic rings. The van der Waals surface area contributed by atoms with Crippen molar-refractivity contribution >= 4 is 11.9 Å². The minimum absolute atomic E-state index is 0.00781. The van der Waals surface area contributed by atoms with Gasteiger partial charge in [-0.2, -0.15) is 0 Å². The van der Waals surface area contributed by atoms with Crippen molar-refractivity contribution < 1.29 is 24.5 Å². The maximum Gasteiger partial charge on any atom is 0.305 e. The average molecular weight is 1100 g/mol. The van der Waals surface area contributed by atoms with E-state index >= 15 is 0 Å². The molecule has 0 bridgehead atoms. The molecule has 0 heterocycles. The smallest absolute Gasteiger partial charge is 0.305 e. The lowest BCUT2D eigenvalue weighted by Crippen LogP contribution is -2.45. The van der Waals surface area contributed by atoms with Crippen LogP contribution in [0.1, 0.15) is 386 Å². The largest absolute Gasteiger partial charge is 0.466 e. The Morgan fingerprint density at radius 1 is 0.346 bits per heavy atom. The summed E-state index contributed by atoms with van der Waals surface area (Å²) >= 11 is 0. The molecule has 0 aliphatic heterocycles. The van der Waals surface area contributed by atoms with Crippen molar-refractivity contribution in [1.82, 2.24) is 5.32 Å². The number of nitrogens with one attached hydrogen (secondary N) is 1. The Hall–Kier alpha value is -1.92. The number of esters is 1. The lowest BCUT2D eigenvalue weighted by Gasteiger charge is -2.20. The van der Waals surface area contributed by atoms with Crippen LogP contribution in [-0.2, 0) is 14.3 Å². The third-order valence-corrected chi connectivity index (χ3v) is 16.4. The van der Waals surface area contributed by atoms with Crippen LogP contribution in [0.3, 0.4) is 0 Å². The summed E-state index contributed by atoms with van der Waals surface area (Å²) in [5, 5.41) is 23.2. The van der Waals surface area contributed by atoms with Crippen LogP contribution in [0, 0.1) is 0 Å². The Balaban J connectivity index is 3.39. The topological polar surface area (TPSA) is 95.9 Å². The van der Waals surface area contributed by atoms with Gasteiger partial charge in [-0.05, 0) is 83.5 Å². The number of rotatable bonds is 66. The molecule has 0 aromatic rings. The summed E-state index contributed by atoms with van der Waals surface area (Å²) in [5.74, 6) is -0.0557. The highest BCUT2D eigenvalue weighted by Crippen LogP contribution is 2.18. The molecule has 78 heavy (non-hydrogen) atoms. The van der Waals surface area contributed by atoms with Crippen molar-refractivity contribution in [2.45, 2.75) is 398 Å². The summed E-state index contributed by atoms with van der Waals surface area (Å²) < 4.78 is 5.48. The molecule has 0 aliphatic carbocycles. The molecular formula is C72H137NO5. The van der Waals surface area contributed by atoms with E-state index in [4.69, 9.17) is 4.74 Å². The highest BCUT2D eigenvalue weighted by Gasteiger charge is 2.18. The standard InChI is InChI=1S/C72H137NO5/c1-3-5-7-9-11-13-15-17-18-19-34-37-41-44-48-52-56-60-64-70(75)69(68-74)73-71(76)65-61-57-53-49-45-42-38-35-32-30-28-26-24-22-20-21-23-25-27-29-31-33-36-39-43-47-51-55-59-63-67-78-72(77)66-62-58-54-50-46-40-16-14-12-10-8-6-4-2/h14,16,21,23,60,64,69-70,74-75H,3-13,15,17-20,22,24-59,61-63,65-68H2,1-2H3,(H,73,76)/b16-14-,23-21-,64-60+. The molecule has 0 spiro atoms. The Morgan fingerprint density at radius 3 is 0.923 bits per heavy atom. The van der Waals surface area contributed by atoms with Gasteiger partial charge in [-0.3, -0.25) is 9.59 Å². The zero-order valence-corrected chi connectivity index (χ0v) is 52.7. The van der Waals surface area contributed by atoms with E-state index in [1.54, 1.807) is 6.08 Å². The quantitative estimate of drug-likeness (QED) is 0.0320. The second kappa shape index (κ2) is 67.6. The molecular weight excluding hydrogens is 959 g/mol. The Kier molecular flexibility index (Phi) is 65.9. The van der Waals surface area contributed by atoms with Crippen molar-refractivity contribution in [3.8, 4) is 0 Å². The van der Waals surface area contributed by atoms with E-state index in [1.807, 2.05) is 6.08 Å². The zero-order valence-electron chi connectivity index (χ0n) is 52.7. The molecule has 0 saturated heterocycles. The molecule has 1 amide bonds. The van der Waals surface area contributed by atoms with E-state index in [2.05, 4.69) is 43.5 Å². The fourth-order valence-electron chi connectivity index (χ4n) is 11.0. The minimum atomic E-state index is -0.844. The first-order valence-corrected chi connectivity index (χ1v) is 35.3. The summed E-state index contributed by atoms with van der Waals surface area (Å²) in [4.78, 5) is 24.5. The maximum atomic E-state index is 12.5. The number of aliphatic hydroxyl groups is 2. The average Bonchev–Trinajstić information content (AvgIpc) is 3.44. The Bertz CT molecular complexity index is 1260. The number of hydrogen-bond donors (Lipinski definition) is 3. The molecule has 2 atom stereocenters. The molecule has 6 heteroatoms. The van der Waals surface area contributed by atoms with E-state index in [-0.39, 0.29) is 18.5 Å². The number of amides is 1. The van der Waals surface area contributed by atoms with Crippen LogP contribution in [0.15, 0.2) is 36.5 Å². The number of carbonyl (C=O) groups excluding carboxylic acids is 2. The number of unbranched alkanes of at least 4 members (excludes halogenated alkanes) is 51. The first-order chi connectivity index (χ1) is 38.5. The predicted octanol–water partition coefficient (Wildman–Crippen LogP) is 22.7. The number of aliphatic hydroxyl groups excluding tert-OH is 2. The molecule has 0 rings (SSSR count). The highest BCUT2D eigenvalue weighted by molar-refractivity contribution is 5.76. The van der Waals surface area contributed by atoms with E-state index in [1.165, 1.54) is 315 Å². The van der Waals surface area contributed by atoms with E-state index in [0.29, 0.717) is 19.4 Å². The van der Waals surface area contributed by atoms with Crippen molar-refractivity contribution in [3.05, 3.63) is 36.5 Å². The van der Waals surface area contributed by atoms with Gasteiger partial charge in [0.15, 0.2) is 0 Å². The van der Waals surface area contributed by atoms with Crippen LogP contribution in [0.25, 0.3) is 0 Å². The minimum Gasteiger partial charge on any atom is -0.466 e. The lowest BCUT2D eigenvalue weighted by molar-refractivity contribution is -0.143. The van der Waals surface area contributed by atoms with E-state index in [0.717, 1.165) is 44.9 Å². The summed E-state index contributed by atoms with van der Waals surface area (Å²) in [5.41, 5.74) is 0. The van der Waals surface area contributed by atoms with Gasteiger partial charge >= 0.3 is 5.97 Å². The molecule has 0 radical (unpaired) electrons. The van der Waals surface area contributed by atoms with Crippen LogP contribution in [-0.4, -0.2) is 47.4 Å². The SMILES string of the molecule is CCCCCC/C=C\CCCCCCCC(=O)OCCCCCCCCCCCCCC/C=C\CCCCCCCCCCCCCCCCC(=O)NC(CO)C(O)/C=C/CCCCCCCCCCCCCCCCCC. The Labute approximate surface area is 487 Å². The van der Waals surface area contributed by atoms with E-state index < -0.39 is 12.1 Å². The van der Waals surface area contributed by atoms with Gasteiger partial charge in [0.05, 0.1) is 25.4 Å². The first kappa shape index (κ1) is 76.1. The number of ether oxygens (including phenoxy) is 1. The van der Waals surface area contributed by atoms with Crippen molar-refractivity contribution in [2.75, 3.05) is 13.2 Å². The molecule has 0 aromatic heterocycles. The van der Waals surface area contributed by atoms with Crippen LogP contribution >= 0.6 is 0 Å². The summed E-state index contributed by atoms with van der Waals surface area (Å²) in [6.07, 6.45) is 86.5. The predicted molar refractivity (Wildman–Crippen MR) is 343 cm³/mol. The summed E-state index contributed by atoms with van der Waals surface area (Å²) in [6, 6.07) is -0.627. The first-order valence-electron chi connectivity index (χ1n) is 35.3. The van der Waals surface area contributed by atoms with Gasteiger partial charge in [0.25, 0.3) is 0 Å². The van der Waals surface area contributed by atoms with Gasteiger partial charge in [-0.15, -0.1) is 0 Å². The molecule has 3 N–H and O–H groups in total. The van der Waals surface area contributed by atoms with Crippen LogP contribution in [0.2, 0.25) is 0 Å². The number of allylic oxidation sites excluding steroid dienone is 5. The number of hydrogen-bond acceptors (Lipinski definition) is 5. The summed E-state index contributed by atoms with van der Waals surface area (Å²) in [7, 11) is 0. The molecule has 0 aromatic carbocycles. The second-order valence-corrected chi connectivity index (χ2v) is 24.2. The zero-order chi connectivity index (χ0) is 56.4. The second-order valence-electron chi connectivity index (χ2n) is 24.2. The van der Waals surface area contributed by atoms with Crippen molar-refractivity contribution in [1.29, 1.82) is 0 Å². The van der Waals surface area contributed by atoms with Gasteiger partial charge in [0.2, 0.25) is 5.91 Å². The summed E-state index contributed by atoms with van der Waals surface area (Å²) in [6.45, 7) is 4.92. The highest BCUT2D eigenvalue weighted by atomic mass is 16.5. The number of carbonyl (C=O) groups is 2. The fourth-order valence-corrected chi connectivity index (χ4v) is 11.0. The van der Waals surface area contributed by atoms with Crippen LogP contribution < -0.4 is 5.32 Å². The van der Waals surface area contributed by atoms with Gasteiger partial charge in [0.1, 0.15) is 0 Å². The van der Waals surface area contributed by atoms with Crippen LogP contribution in [0.5, 0.6) is 0 Å². The van der Waals surface area contributed by atoms with Crippen LogP contribution in [0.4, 0.5) is 0 Å². The molecule has 6 nitrogen and oxygen atoms in total. The monoisotopic (exact) mass is 1100 g/mol. The van der Waals surface area contributed by atoms with Gasteiger partial charge in [0, 0.05) is 12.8 Å². The molecule has 0 fully saturated rings. The molecule has 460 valence electrons. The van der Waals surface area contributed by atoms with Gasteiger partial charge in [-0.25, -0.2) is 0 Å². The lowest BCUT2D eigenvalue weighted by atomic mass is 10.0. The van der Waals surface area contributed by atoms with Gasteiger partial charge < -0.3 is 20.3 Å². The van der Waals surface area contributed by atoms with Gasteiger partial charge in [-0.1, -0.05) is 326 Å². The van der Waals surface area contributed by atoms with Crippen molar-refractivity contribution in [2.24, 2.45) is 0 Å². The molecule has 0 saturated carbocycles.